The highest BCUT2D eigenvalue weighted by Crippen LogP contribution is 2.34. The molecular weight excluding hydrogens is 338 g/mol. The van der Waals surface area contributed by atoms with Crippen LogP contribution in [0.2, 0.25) is 0 Å². The fourth-order valence-corrected chi connectivity index (χ4v) is 3.67. The molecule has 5 heteroatoms. The zero-order valence-corrected chi connectivity index (χ0v) is 16.8. The van der Waals surface area contributed by atoms with Crippen molar-refractivity contribution < 1.29 is 9.32 Å². The van der Waals surface area contributed by atoms with Gasteiger partial charge in [0.15, 0.2) is 0 Å². The zero-order valence-electron chi connectivity index (χ0n) is 16.8. The topological polar surface area (TPSA) is 49.6 Å². The molecule has 27 heavy (non-hydrogen) atoms. The van der Waals surface area contributed by atoms with Crippen LogP contribution in [-0.4, -0.2) is 35.6 Å². The fraction of sp³-hybridized carbons (Fsp3) is 0.545. The molecule has 0 radical (unpaired) electrons. The van der Waals surface area contributed by atoms with Crippen molar-refractivity contribution in [3.8, 4) is 11.3 Å². The van der Waals surface area contributed by atoms with Gasteiger partial charge in [-0.15, -0.1) is 0 Å². The molecule has 0 bridgehead atoms. The van der Waals surface area contributed by atoms with Gasteiger partial charge < -0.3 is 14.3 Å². The maximum Gasteiger partial charge on any atom is 0.232 e. The summed E-state index contributed by atoms with van der Waals surface area (Å²) in [4.78, 5) is 17.1. The van der Waals surface area contributed by atoms with Gasteiger partial charge in [0.2, 0.25) is 11.8 Å². The van der Waals surface area contributed by atoms with Gasteiger partial charge in [0.1, 0.15) is 5.69 Å². The van der Waals surface area contributed by atoms with Gasteiger partial charge in [-0.3, -0.25) is 4.79 Å². The predicted molar refractivity (Wildman–Crippen MR) is 109 cm³/mol. The third kappa shape index (κ3) is 4.71. The lowest BCUT2D eigenvalue weighted by atomic mass is 10.1. The summed E-state index contributed by atoms with van der Waals surface area (Å²) in [5, 5.41) is 4.41. The number of hydrogen-bond donors (Lipinski definition) is 0. The minimum absolute atomic E-state index is 0.208. The van der Waals surface area contributed by atoms with Crippen molar-refractivity contribution in [2.24, 2.45) is 5.92 Å². The van der Waals surface area contributed by atoms with Gasteiger partial charge in [-0.2, -0.15) is 0 Å². The first-order valence-corrected chi connectivity index (χ1v) is 10.2. The number of hydrogen-bond acceptors (Lipinski definition) is 4. The van der Waals surface area contributed by atoms with Crippen LogP contribution in [0, 0.1) is 5.92 Å². The Morgan fingerprint density at radius 2 is 1.93 bits per heavy atom. The standard InChI is InChI=1S/C22H31N3O2/c1-4-12-25(20(26)15-17(2)3)16-19-21(18-10-6-5-7-11-18)23-27-22(19)24-13-8-9-14-24/h5-7,10-11,17H,4,8-9,12-16H2,1-3H3. The molecule has 1 aromatic carbocycles. The average molecular weight is 370 g/mol. The highest BCUT2D eigenvalue weighted by atomic mass is 16.5. The van der Waals surface area contributed by atoms with Gasteiger partial charge in [0.25, 0.3) is 0 Å². The van der Waals surface area contributed by atoms with Crippen molar-refractivity contribution >= 4 is 11.8 Å². The molecular formula is C22H31N3O2. The Kier molecular flexibility index (Phi) is 6.54. The summed E-state index contributed by atoms with van der Waals surface area (Å²) in [6.07, 6.45) is 3.86. The Hall–Kier alpha value is -2.30. The van der Waals surface area contributed by atoms with Gasteiger partial charge in [-0.1, -0.05) is 56.3 Å². The summed E-state index contributed by atoms with van der Waals surface area (Å²) in [5.41, 5.74) is 2.93. The molecule has 1 saturated heterocycles. The zero-order chi connectivity index (χ0) is 19.2. The van der Waals surface area contributed by atoms with Crippen molar-refractivity contribution in [3.05, 3.63) is 35.9 Å². The lowest BCUT2D eigenvalue weighted by molar-refractivity contribution is -0.132. The van der Waals surface area contributed by atoms with E-state index in [0.717, 1.165) is 48.8 Å². The first-order chi connectivity index (χ1) is 13.1. The minimum Gasteiger partial charge on any atom is -0.340 e. The molecule has 0 unspecified atom stereocenters. The van der Waals surface area contributed by atoms with Crippen molar-refractivity contribution in [2.75, 3.05) is 24.5 Å². The van der Waals surface area contributed by atoms with Gasteiger partial charge in [0, 0.05) is 31.6 Å². The highest BCUT2D eigenvalue weighted by Gasteiger charge is 2.27. The molecule has 5 nitrogen and oxygen atoms in total. The number of carbonyl (C=O) groups excluding carboxylic acids is 1. The highest BCUT2D eigenvalue weighted by molar-refractivity contribution is 5.77. The first kappa shape index (κ1) is 19.5. The molecule has 0 atom stereocenters. The Labute approximate surface area is 162 Å². The van der Waals surface area contributed by atoms with E-state index in [1.165, 1.54) is 12.8 Å². The molecule has 146 valence electrons. The molecule has 1 amide bonds. The maximum atomic E-state index is 12.8. The van der Waals surface area contributed by atoms with E-state index >= 15 is 0 Å². The molecule has 1 aliphatic heterocycles. The second-order valence-corrected chi connectivity index (χ2v) is 7.79. The molecule has 1 aliphatic rings. The number of aromatic nitrogens is 1. The van der Waals surface area contributed by atoms with Crippen molar-refractivity contribution in [1.82, 2.24) is 10.1 Å². The number of carbonyl (C=O) groups is 1. The normalized spacial score (nSPS) is 14.1. The van der Waals surface area contributed by atoms with Gasteiger partial charge in [0.05, 0.1) is 12.1 Å². The van der Waals surface area contributed by atoms with Crippen LogP contribution in [0.15, 0.2) is 34.9 Å². The third-order valence-electron chi connectivity index (χ3n) is 4.99. The summed E-state index contributed by atoms with van der Waals surface area (Å²) in [7, 11) is 0. The van der Waals surface area contributed by atoms with Crippen LogP contribution < -0.4 is 4.90 Å². The summed E-state index contributed by atoms with van der Waals surface area (Å²) < 4.78 is 5.81. The summed E-state index contributed by atoms with van der Waals surface area (Å²) in [6, 6.07) is 10.1. The van der Waals surface area contributed by atoms with Crippen LogP contribution in [0.1, 0.15) is 52.0 Å². The smallest absolute Gasteiger partial charge is 0.232 e. The summed E-state index contributed by atoms with van der Waals surface area (Å²) in [5.74, 6) is 1.40. The number of anilines is 1. The van der Waals surface area contributed by atoms with Crippen molar-refractivity contribution in [3.63, 3.8) is 0 Å². The van der Waals surface area contributed by atoms with E-state index in [-0.39, 0.29) is 5.91 Å². The Morgan fingerprint density at radius 1 is 1.22 bits per heavy atom. The number of benzene rings is 1. The van der Waals surface area contributed by atoms with E-state index in [1.807, 2.05) is 23.1 Å². The van der Waals surface area contributed by atoms with E-state index in [1.54, 1.807) is 0 Å². The largest absolute Gasteiger partial charge is 0.340 e. The lowest BCUT2D eigenvalue weighted by Gasteiger charge is -2.24. The Bertz CT molecular complexity index is 733. The predicted octanol–water partition coefficient (Wildman–Crippen LogP) is 4.73. The van der Waals surface area contributed by atoms with Crippen LogP contribution >= 0.6 is 0 Å². The molecule has 0 aliphatic carbocycles. The molecule has 2 heterocycles. The monoisotopic (exact) mass is 369 g/mol. The number of rotatable bonds is 8. The average Bonchev–Trinajstić information content (AvgIpc) is 3.31. The second-order valence-electron chi connectivity index (χ2n) is 7.79. The maximum absolute atomic E-state index is 12.8. The van der Waals surface area contributed by atoms with Crippen molar-refractivity contribution in [1.29, 1.82) is 0 Å². The van der Waals surface area contributed by atoms with E-state index in [2.05, 4.69) is 43.0 Å². The SMILES string of the molecule is CCCN(Cc1c(-c2ccccc2)noc1N1CCCC1)C(=O)CC(C)C. The van der Waals surface area contributed by atoms with Crippen LogP contribution in [0.3, 0.4) is 0 Å². The molecule has 1 aromatic heterocycles. The quantitative estimate of drug-likeness (QED) is 0.675. The Morgan fingerprint density at radius 3 is 2.56 bits per heavy atom. The molecule has 2 aromatic rings. The van der Waals surface area contributed by atoms with E-state index in [9.17, 15) is 4.79 Å². The summed E-state index contributed by atoms with van der Waals surface area (Å²) >= 11 is 0. The minimum atomic E-state index is 0.208. The van der Waals surface area contributed by atoms with Crippen LogP contribution in [0.5, 0.6) is 0 Å². The third-order valence-corrected chi connectivity index (χ3v) is 4.99. The molecule has 1 fully saturated rings. The molecule has 0 spiro atoms. The summed E-state index contributed by atoms with van der Waals surface area (Å²) in [6.45, 7) is 9.58. The Balaban J connectivity index is 1.94. The van der Waals surface area contributed by atoms with Gasteiger partial charge >= 0.3 is 0 Å². The molecule has 0 saturated carbocycles. The van der Waals surface area contributed by atoms with E-state index < -0.39 is 0 Å². The lowest BCUT2D eigenvalue weighted by Crippen LogP contribution is -2.32. The van der Waals surface area contributed by atoms with E-state index in [4.69, 9.17) is 4.52 Å². The van der Waals surface area contributed by atoms with Gasteiger partial charge in [-0.25, -0.2) is 0 Å². The second kappa shape index (κ2) is 9.07. The van der Waals surface area contributed by atoms with Crippen molar-refractivity contribution in [2.45, 2.75) is 53.0 Å². The first-order valence-electron chi connectivity index (χ1n) is 10.2. The number of amides is 1. The molecule has 0 N–H and O–H groups in total. The van der Waals surface area contributed by atoms with Gasteiger partial charge in [-0.05, 0) is 25.2 Å². The number of nitrogens with zero attached hydrogens (tertiary/aromatic N) is 3. The fourth-order valence-electron chi connectivity index (χ4n) is 3.67. The van der Waals surface area contributed by atoms with Crippen LogP contribution in [0.25, 0.3) is 11.3 Å². The van der Waals surface area contributed by atoms with Crippen LogP contribution in [-0.2, 0) is 11.3 Å². The van der Waals surface area contributed by atoms with E-state index in [0.29, 0.717) is 18.9 Å². The van der Waals surface area contributed by atoms with Crippen LogP contribution in [0.4, 0.5) is 5.88 Å². The molecule has 3 rings (SSSR count).